The standard InChI is InChI=1S/C24H19ClO4/c1-14(2)23(26)28-21-8-7-16-9-17(5-6-18(16)11-21)19-10-20(25)13-22(12-19)29-24(27)15(3)4/h5-13H,1,3H2,2,4H3. The summed E-state index contributed by atoms with van der Waals surface area (Å²) in [5, 5.41) is 2.32. The van der Waals surface area contributed by atoms with E-state index in [1.165, 1.54) is 0 Å². The summed E-state index contributed by atoms with van der Waals surface area (Å²) < 4.78 is 10.6. The van der Waals surface area contributed by atoms with Crippen molar-refractivity contribution in [3.8, 4) is 22.6 Å². The maximum Gasteiger partial charge on any atom is 0.338 e. The Labute approximate surface area is 174 Å². The highest BCUT2D eigenvalue weighted by Gasteiger charge is 2.10. The first kappa shape index (κ1) is 20.4. The van der Waals surface area contributed by atoms with Crippen molar-refractivity contribution in [2.24, 2.45) is 0 Å². The second-order valence-corrected chi connectivity index (χ2v) is 7.18. The number of esters is 2. The number of benzene rings is 3. The largest absolute Gasteiger partial charge is 0.423 e. The number of hydrogen-bond acceptors (Lipinski definition) is 4. The molecular formula is C24H19ClO4. The van der Waals surface area contributed by atoms with Gasteiger partial charge in [-0.2, -0.15) is 0 Å². The topological polar surface area (TPSA) is 52.6 Å². The van der Waals surface area contributed by atoms with E-state index in [0.29, 0.717) is 27.7 Å². The lowest BCUT2D eigenvalue weighted by Gasteiger charge is -2.10. The van der Waals surface area contributed by atoms with Gasteiger partial charge < -0.3 is 9.47 Å². The number of hydrogen-bond donors (Lipinski definition) is 0. The molecule has 0 aromatic heterocycles. The third-order valence-electron chi connectivity index (χ3n) is 4.13. The Morgan fingerprint density at radius 2 is 1.31 bits per heavy atom. The van der Waals surface area contributed by atoms with E-state index in [1.54, 1.807) is 44.2 Å². The summed E-state index contributed by atoms with van der Waals surface area (Å²) in [7, 11) is 0. The fourth-order valence-electron chi connectivity index (χ4n) is 2.64. The summed E-state index contributed by atoms with van der Waals surface area (Å²) in [5.74, 6) is -0.164. The molecule has 0 unspecified atom stereocenters. The Hall–Kier alpha value is -3.37. The summed E-state index contributed by atoms with van der Waals surface area (Å²) in [4.78, 5) is 23.5. The van der Waals surface area contributed by atoms with Crippen LogP contribution in [-0.4, -0.2) is 11.9 Å². The highest BCUT2D eigenvalue weighted by atomic mass is 35.5. The van der Waals surface area contributed by atoms with E-state index >= 15 is 0 Å². The van der Waals surface area contributed by atoms with Crippen molar-refractivity contribution in [3.05, 3.63) is 83.9 Å². The van der Waals surface area contributed by atoms with Crippen molar-refractivity contribution in [2.75, 3.05) is 0 Å². The van der Waals surface area contributed by atoms with Gasteiger partial charge in [0.2, 0.25) is 0 Å². The van der Waals surface area contributed by atoms with Crippen LogP contribution in [0.15, 0.2) is 78.9 Å². The van der Waals surface area contributed by atoms with E-state index < -0.39 is 11.9 Å². The van der Waals surface area contributed by atoms with Crippen molar-refractivity contribution in [2.45, 2.75) is 13.8 Å². The molecule has 0 heterocycles. The van der Waals surface area contributed by atoms with Gasteiger partial charge in [0.25, 0.3) is 0 Å². The van der Waals surface area contributed by atoms with Crippen LogP contribution >= 0.6 is 11.6 Å². The van der Waals surface area contributed by atoms with Crippen molar-refractivity contribution in [3.63, 3.8) is 0 Å². The Morgan fingerprint density at radius 3 is 1.97 bits per heavy atom. The Morgan fingerprint density at radius 1 is 0.724 bits per heavy atom. The van der Waals surface area contributed by atoms with Crippen LogP contribution in [-0.2, 0) is 9.59 Å². The quantitative estimate of drug-likeness (QED) is 0.291. The van der Waals surface area contributed by atoms with E-state index in [2.05, 4.69) is 13.2 Å². The van der Waals surface area contributed by atoms with Crippen LogP contribution < -0.4 is 9.47 Å². The summed E-state index contributed by atoms with van der Waals surface area (Å²) >= 11 is 6.21. The zero-order chi connectivity index (χ0) is 21.1. The molecule has 146 valence electrons. The van der Waals surface area contributed by atoms with E-state index in [0.717, 1.165) is 21.9 Å². The van der Waals surface area contributed by atoms with Crippen LogP contribution in [0.5, 0.6) is 11.5 Å². The smallest absolute Gasteiger partial charge is 0.338 e. The molecule has 0 bridgehead atoms. The first-order valence-corrected chi connectivity index (χ1v) is 9.21. The highest BCUT2D eigenvalue weighted by molar-refractivity contribution is 6.31. The molecule has 0 radical (unpaired) electrons. The van der Waals surface area contributed by atoms with Crippen LogP contribution in [0, 0.1) is 0 Å². The first-order valence-electron chi connectivity index (χ1n) is 8.83. The molecule has 0 amide bonds. The van der Waals surface area contributed by atoms with Gasteiger partial charge in [0.15, 0.2) is 0 Å². The molecule has 0 saturated heterocycles. The summed E-state index contributed by atoms with van der Waals surface area (Å²) in [6, 6.07) is 16.3. The predicted octanol–water partition coefficient (Wildman–Crippen LogP) is 6.12. The van der Waals surface area contributed by atoms with Gasteiger partial charge in [-0.25, -0.2) is 9.59 Å². The average molecular weight is 407 g/mol. The van der Waals surface area contributed by atoms with Crippen LogP contribution in [0.25, 0.3) is 21.9 Å². The van der Waals surface area contributed by atoms with Crippen LogP contribution in [0.1, 0.15) is 13.8 Å². The van der Waals surface area contributed by atoms with Gasteiger partial charge in [0, 0.05) is 16.2 Å². The zero-order valence-electron chi connectivity index (χ0n) is 16.1. The molecule has 0 aliphatic carbocycles. The van der Waals surface area contributed by atoms with Crippen molar-refractivity contribution in [1.29, 1.82) is 0 Å². The fraction of sp³-hybridized carbons (Fsp3) is 0.0833. The zero-order valence-corrected chi connectivity index (χ0v) is 16.9. The molecule has 3 aromatic carbocycles. The number of fused-ring (bicyclic) bond motifs is 1. The molecule has 4 nitrogen and oxygen atoms in total. The van der Waals surface area contributed by atoms with E-state index in [1.807, 2.05) is 24.3 Å². The van der Waals surface area contributed by atoms with Gasteiger partial charge >= 0.3 is 11.9 Å². The molecule has 3 aromatic rings. The number of halogens is 1. The highest BCUT2D eigenvalue weighted by Crippen LogP contribution is 2.32. The number of carbonyl (C=O) groups is 2. The second-order valence-electron chi connectivity index (χ2n) is 6.74. The molecular weight excluding hydrogens is 388 g/mol. The van der Waals surface area contributed by atoms with Crippen molar-refractivity contribution in [1.82, 2.24) is 0 Å². The SMILES string of the molecule is C=C(C)C(=O)Oc1cc(Cl)cc(-c2ccc3cc(OC(=O)C(=C)C)ccc3c2)c1. The van der Waals surface area contributed by atoms with Crippen LogP contribution in [0.4, 0.5) is 0 Å². The molecule has 0 saturated carbocycles. The monoisotopic (exact) mass is 406 g/mol. The van der Waals surface area contributed by atoms with Gasteiger partial charge in [0.05, 0.1) is 0 Å². The third kappa shape index (κ3) is 4.92. The lowest BCUT2D eigenvalue weighted by atomic mass is 10.0. The fourth-order valence-corrected chi connectivity index (χ4v) is 2.87. The van der Waals surface area contributed by atoms with Gasteiger partial charge in [-0.15, -0.1) is 0 Å². The average Bonchev–Trinajstić information content (AvgIpc) is 2.66. The molecule has 0 aliphatic rings. The molecule has 0 spiro atoms. The molecule has 5 heteroatoms. The first-order chi connectivity index (χ1) is 13.7. The maximum absolute atomic E-state index is 11.8. The third-order valence-corrected chi connectivity index (χ3v) is 4.35. The molecule has 3 rings (SSSR count). The van der Waals surface area contributed by atoms with E-state index in [4.69, 9.17) is 21.1 Å². The van der Waals surface area contributed by atoms with E-state index in [-0.39, 0.29) is 0 Å². The Balaban J connectivity index is 1.93. The Kier molecular flexibility index (Phi) is 5.85. The van der Waals surface area contributed by atoms with Crippen LogP contribution in [0.2, 0.25) is 5.02 Å². The van der Waals surface area contributed by atoms with Crippen LogP contribution in [0.3, 0.4) is 0 Å². The van der Waals surface area contributed by atoms with Crippen molar-refractivity contribution >= 4 is 34.3 Å². The number of ether oxygens (including phenoxy) is 2. The lowest BCUT2D eigenvalue weighted by Crippen LogP contribution is -2.08. The van der Waals surface area contributed by atoms with Gasteiger partial charge in [-0.1, -0.05) is 43.0 Å². The summed E-state index contributed by atoms with van der Waals surface area (Å²) in [6.07, 6.45) is 0. The van der Waals surface area contributed by atoms with Gasteiger partial charge in [-0.05, 0) is 72.1 Å². The molecule has 0 atom stereocenters. The molecule has 0 fully saturated rings. The van der Waals surface area contributed by atoms with E-state index in [9.17, 15) is 9.59 Å². The predicted molar refractivity (Wildman–Crippen MR) is 115 cm³/mol. The minimum atomic E-state index is -0.506. The summed E-state index contributed by atoms with van der Waals surface area (Å²) in [5.41, 5.74) is 2.35. The Bertz CT molecular complexity index is 1160. The van der Waals surface area contributed by atoms with Gasteiger partial charge in [-0.3, -0.25) is 0 Å². The lowest BCUT2D eigenvalue weighted by molar-refractivity contribution is -0.130. The van der Waals surface area contributed by atoms with Gasteiger partial charge in [0.1, 0.15) is 11.5 Å². The molecule has 0 aliphatic heterocycles. The minimum absolute atomic E-state index is 0.306. The summed E-state index contributed by atoms with van der Waals surface area (Å²) in [6.45, 7) is 10.3. The molecule has 29 heavy (non-hydrogen) atoms. The number of carbonyl (C=O) groups excluding carboxylic acids is 2. The maximum atomic E-state index is 11.8. The molecule has 0 N–H and O–H groups in total. The van der Waals surface area contributed by atoms with Crippen molar-refractivity contribution < 1.29 is 19.1 Å². The minimum Gasteiger partial charge on any atom is -0.423 e. The normalized spacial score (nSPS) is 10.4. The number of rotatable bonds is 5. The second kappa shape index (κ2) is 8.33.